The van der Waals surface area contributed by atoms with Crippen molar-refractivity contribution in [2.75, 3.05) is 5.32 Å². The number of anilines is 1. The van der Waals surface area contributed by atoms with Crippen molar-refractivity contribution in [2.24, 2.45) is 0 Å². The summed E-state index contributed by atoms with van der Waals surface area (Å²) < 4.78 is 27.8. The van der Waals surface area contributed by atoms with E-state index in [4.69, 9.17) is 18.3 Å². The highest BCUT2D eigenvalue weighted by Crippen LogP contribution is 2.46. The van der Waals surface area contributed by atoms with Gasteiger partial charge in [-0.1, -0.05) is 54.2 Å². The first-order valence-corrected chi connectivity index (χ1v) is 19.8. The summed E-state index contributed by atoms with van der Waals surface area (Å²) in [4.78, 5) is 41.3. The Kier molecular flexibility index (Phi) is 10.9. The Morgan fingerprint density at radius 3 is 2.05 bits per heavy atom. The standard InChI is InChI=1S/C29H49N3O7Si2/c1-14-16-20(36-22(34)15-2)23-24(38-40(10,11)28(4,5)6)25(39-41(12,13)29(7,8)9)26(37-23)32-18-17-21(30-19(3)33)31-27(32)35/h14-15,17-18,20,23-26H,1-2,16H2,3-13H3,(H,30,31,33,35)/t20-,23+,24+,25-,26+/m0/s1. The highest BCUT2D eigenvalue weighted by molar-refractivity contribution is 6.74. The molecule has 1 aliphatic rings. The Bertz CT molecular complexity index is 1180. The van der Waals surface area contributed by atoms with Crippen LogP contribution in [0.2, 0.25) is 36.3 Å². The van der Waals surface area contributed by atoms with E-state index >= 15 is 0 Å². The summed E-state index contributed by atoms with van der Waals surface area (Å²) in [5.74, 6) is -0.811. The highest BCUT2D eigenvalue weighted by atomic mass is 28.4. The maximum absolute atomic E-state index is 13.3. The first-order chi connectivity index (χ1) is 18.6. The SMILES string of the molecule is C=CC[C@H](OC(=O)C=C)[C@H]1O[C@@H](n2ccc(NC(C)=O)nc2=O)[C@@H](O[Si](C)(C)C(C)(C)C)[C@@H]1O[Si](C)(C)C(C)(C)C. The maximum Gasteiger partial charge on any atom is 0.351 e. The molecule has 0 bridgehead atoms. The third-order valence-corrected chi connectivity index (χ3v) is 17.3. The number of ether oxygens (including phenoxy) is 2. The molecule has 0 saturated carbocycles. The summed E-state index contributed by atoms with van der Waals surface area (Å²) in [6.07, 6.45) is 0.664. The second kappa shape index (κ2) is 12.9. The molecule has 12 heteroatoms. The molecule has 2 heterocycles. The third kappa shape index (κ3) is 8.34. The quantitative estimate of drug-likeness (QED) is 0.151. The van der Waals surface area contributed by atoms with Gasteiger partial charge in [-0.05, 0) is 42.3 Å². The van der Waals surface area contributed by atoms with Crippen LogP contribution in [-0.2, 0) is 27.9 Å². The topological polar surface area (TPSA) is 118 Å². The number of nitrogens with zero attached hydrogens (tertiary/aromatic N) is 2. The molecule has 1 amide bonds. The summed E-state index contributed by atoms with van der Waals surface area (Å²) in [6, 6.07) is 1.53. The Balaban J connectivity index is 2.78. The van der Waals surface area contributed by atoms with Crippen molar-refractivity contribution < 1.29 is 27.9 Å². The van der Waals surface area contributed by atoms with Gasteiger partial charge in [-0.3, -0.25) is 9.36 Å². The Labute approximate surface area is 246 Å². The van der Waals surface area contributed by atoms with Gasteiger partial charge in [0.15, 0.2) is 22.9 Å². The predicted molar refractivity (Wildman–Crippen MR) is 166 cm³/mol. The normalized spacial score (nSPS) is 22.6. The molecule has 41 heavy (non-hydrogen) atoms. The minimum absolute atomic E-state index is 0.133. The van der Waals surface area contributed by atoms with Gasteiger partial charge in [-0.15, -0.1) is 6.58 Å². The number of aromatic nitrogens is 2. The smallest absolute Gasteiger partial charge is 0.351 e. The van der Waals surface area contributed by atoms with E-state index in [2.05, 4.69) is 91.2 Å². The van der Waals surface area contributed by atoms with E-state index in [-0.39, 0.29) is 28.2 Å². The zero-order valence-corrected chi connectivity index (χ0v) is 28.6. The fourth-order valence-electron chi connectivity index (χ4n) is 3.95. The van der Waals surface area contributed by atoms with Crippen LogP contribution < -0.4 is 11.0 Å². The van der Waals surface area contributed by atoms with Gasteiger partial charge in [0.25, 0.3) is 0 Å². The molecule has 1 aromatic rings. The van der Waals surface area contributed by atoms with Gasteiger partial charge in [0, 0.05) is 25.6 Å². The fraction of sp³-hybridized carbons (Fsp3) is 0.655. The summed E-state index contributed by atoms with van der Waals surface area (Å²) in [5, 5.41) is 2.22. The Hall–Kier alpha value is -2.39. The maximum atomic E-state index is 13.3. The van der Waals surface area contributed by atoms with E-state index in [9.17, 15) is 14.4 Å². The average Bonchev–Trinajstić information content (AvgIpc) is 3.13. The molecule has 230 valence electrons. The molecule has 1 aromatic heterocycles. The largest absolute Gasteiger partial charge is 0.456 e. The van der Waals surface area contributed by atoms with Crippen LogP contribution in [0.15, 0.2) is 42.4 Å². The molecule has 2 rings (SSSR count). The zero-order valence-electron chi connectivity index (χ0n) is 26.6. The van der Waals surface area contributed by atoms with E-state index in [1.807, 2.05) is 0 Å². The van der Waals surface area contributed by atoms with Crippen molar-refractivity contribution in [3.05, 3.63) is 48.1 Å². The monoisotopic (exact) mass is 607 g/mol. The summed E-state index contributed by atoms with van der Waals surface area (Å²) >= 11 is 0. The first kappa shape index (κ1) is 34.8. The molecule has 1 fully saturated rings. The van der Waals surface area contributed by atoms with E-state index < -0.39 is 58.9 Å². The number of nitrogens with one attached hydrogen (secondary N) is 1. The minimum Gasteiger partial charge on any atom is -0.456 e. The van der Waals surface area contributed by atoms with Crippen LogP contribution in [0.1, 0.15) is 61.1 Å². The van der Waals surface area contributed by atoms with Crippen LogP contribution in [0.25, 0.3) is 0 Å². The van der Waals surface area contributed by atoms with Crippen LogP contribution in [0.5, 0.6) is 0 Å². The van der Waals surface area contributed by atoms with Crippen molar-refractivity contribution in [3.8, 4) is 0 Å². The van der Waals surface area contributed by atoms with Gasteiger partial charge < -0.3 is 23.6 Å². The zero-order chi connectivity index (χ0) is 31.6. The van der Waals surface area contributed by atoms with Crippen LogP contribution in [0, 0.1) is 0 Å². The van der Waals surface area contributed by atoms with Crippen LogP contribution in [0.3, 0.4) is 0 Å². The molecule has 1 N–H and O–H groups in total. The lowest BCUT2D eigenvalue weighted by atomic mass is 10.0. The summed E-state index contributed by atoms with van der Waals surface area (Å²) in [7, 11) is -4.91. The van der Waals surface area contributed by atoms with Crippen molar-refractivity contribution in [1.29, 1.82) is 0 Å². The predicted octanol–water partition coefficient (Wildman–Crippen LogP) is 5.55. The minimum atomic E-state index is -2.46. The molecule has 0 aliphatic carbocycles. The van der Waals surface area contributed by atoms with E-state index in [0.717, 1.165) is 6.08 Å². The van der Waals surface area contributed by atoms with Crippen molar-refractivity contribution in [2.45, 2.75) is 122 Å². The lowest BCUT2D eigenvalue weighted by molar-refractivity contribution is -0.155. The van der Waals surface area contributed by atoms with Gasteiger partial charge >= 0.3 is 11.7 Å². The summed E-state index contributed by atoms with van der Waals surface area (Å²) in [5.41, 5.74) is -0.625. The molecule has 0 unspecified atom stereocenters. The number of rotatable bonds is 11. The third-order valence-electron chi connectivity index (χ3n) is 8.31. The first-order valence-electron chi connectivity index (χ1n) is 14.0. The van der Waals surface area contributed by atoms with Gasteiger partial charge in [0.1, 0.15) is 30.2 Å². The molecular weight excluding hydrogens is 559 g/mol. The molecule has 0 spiro atoms. The summed E-state index contributed by atoms with van der Waals surface area (Å²) in [6.45, 7) is 30.1. The van der Waals surface area contributed by atoms with Gasteiger partial charge in [-0.25, -0.2) is 9.59 Å². The van der Waals surface area contributed by atoms with Gasteiger partial charge in [-0.2, -0.15) is 4.98 Å². The van der Waals surface area contributed by atoms with Crippen molar-refractivity contribution >= 4 is 34.3 Å². The Morgan fingerprint density at radius 1 is 1.07 bits per heavy atom. The van der Waals surface area contributed by atoms with Crippen LogP contribution in [-0.4, -0.2) is 62.5 Å². The van der Waals surface area contributed by atoms with Crippen molar-refractivity contribution in [3.63, 3.8) is 0 Å². The highest BCUT2D eigenvalue weighted by Gasteiger charge is 2.56. The average molecular weight is 608 g/mol. The van der Waals surface area contributed by atoms with Crippen LogP contribution >= 0.6 is 0 Å². The molecule has 5 atom stereocenters. The molecule has 0 radical (unpaired) electrons. The second-order valence-electron chi connectivity index (χ2n) is 13.6. The number of hydrogen-bond acceptors (Lipinski definition) is 8. The molecule has 1 aliphatic heterocycles. The Morgan fingerprint density at radius 2 is 1.61 bits per heavy atom. The van der Waals surface area contributed by atoms with Gasteiger partial charge in [0.05, 0.1) is 0 Å². The lowest BCUT2D eigenvalue weighted by Gasteiger charge is -2.44. The number of carbonyl (C=O) groups is 2. The number of carbonyl (C=O) groups excluding carboxylic acids is 2. The molecular formula is C29H49N3O7Si2. The van der Waals surface area contributed by atoms with E-state index in [1.165, 1.54) is 23.8 Å². The molecule has 10 nitrogen and oxygen atoms in total. The van der Waals surface area contributed by atoms with Crippen molar-refractivity contribution in [1.82, 2.24) is 9.55 Å². The lowest BCUT2D eigenvalue weighted by Crippen LogP contribution is -2.55. The van der Waals surface area contributed by atoms with E-state index in [0.29, 0.717) is 0 Å². The van der Waals surface area contributed by atoms with Gasteiger partial charge in [0.2, 0.25) is 5.91 Å². The van der Waals surface area contributed by atoms with Crippen LogP contribution in [0.4, 0.5) is 5.82 Å². The molecule has 0 aromatic carbocycles. The van der Waals surface area contributed by atoms with E-state index in [1.54, 1.807) is 6.08 Å². The molecule has 1 saturated heterocycles. The number of amides is 1. The second-order valence-corrected chi connectivity index (χ2v) is 23.1. The number of esters is 1. The fourth-order valence-corrected chi connectivity index (χ4v) is 6.54. The number of hydrogen-bond donors (Lipinski definition) is 1.